The Labute approximate surface area is 212 Å². The first-order chi connectivity index (χ1) is 17.6. The first-order valence-electron chi connectivity index (χ1n) is 11.4. The Morgan fingerprint density at radius 3 is 2.17 bits per heavy atom. The van der Waals surface area contributed by atoms with E-state index in [9.17, 15) is 10.1 Å². The van der Waals surface area contributed by atoms with Crippen LogP contribution in [0.25, 0.3) is 22.5 Å². The van der Waals surface area contributed by atoms with E-state index < -0.39 is 4.92 Å². The minimum atomic E-state index is -0.471. The molecule has 4 aromatic rings. The van der Waals surface area contributed by atoms with Gasteiger partial charge in [0.1, 0.15) is 17.1 Å². The number of nitrogens with zero attached hydrogens (tertiary/aromatic N) is 6. The molecular weight excluding hydrogens is 476 g/mol. The van der Waals surface area contributed by atoms with E-state index in [-0.39, 0.29) is 11.4 Å². The number of aromatic nitrogens is 2. The summed E-state index contributed by atoms with van der Waals surface area (Å²) in [6.45, 7) is 2.47. The third-order valence-corrected chi connectivity index (χ3v) is 6.18. The van der Waals surface area contributed by atoms with Crippen LogP contribution in [-0.2, 0) is 4.74 Å². The quantitative estimate of drug-likeness (QED) is 0.145. The highest BCUT2D eigenvalue weighted by Gasteiger charge is 2.26. The molecular formula is C26H22N6O3S. The zero-order chi connectivity index (χ0) is 24.9. The van der Waals surface area contributed by atoms with E-state index >= 15 is 0 Å². The van der Waals surface area contributed by atoms with Gasteiger partial charge in [0, 0.05) is 30.3 Å². The van der Waals surface area contributed by atoms with Crippen LogP contribution in [0.4, 0.5) is 17.1 Å². The standard InChI is InChI=1S/C26H22N6O3S/c33-32(34)22-14-8-7-13-21(22)27-28-24-23(19-9-3-1-4-10-19)29-31(25(24)20-11-5-2-6-12-20)26(36)30-15-17-35-18-16-30/h1-14H,15-18H2. The Balaban J connectivity index is 1.72. The van der Waals surface area contributed by atoms with Gasteiger partial charge in [-0.3, -0.25) is 10.1 Å². The van der Waals surface area contributed by atoms with Crippen molar-refractivity contribution in [2.75, 3.05) is 26.3 Å². The molecule has 0 unspecified atom stereocenters. The summed E-state index contributed by atoms with van der Waals surface area (Å²) in [7, 11) is 0. The van der Waals surface area contributed by atoms with Gasteiger partial charge in [-0.25, -0.2) is 4.68 Å². The number of benzene rings is 3. The van der Waals surface area contributed by atoms with Gasteiger partial charge in [0.2, 0.25) is 0 Å². The molecule has 3 aromatic carbocycles. The predicted octanol–water partition coefficient (Wildman–Crippen LogP) is 6.01. The van der Waals surface area contributed by atoms with Crippen molar-refractivity contribution in [3.05, 3.63) is 95.0 Å². The Morgan fingerprint density at radius 1 is 0.889 bits per heavy atom. The minimum Gasteiger partial charge on any atom is -0.378 e. The van der Waals surface area contributed by atoms with Crippen molar-refractivity contribution in [3.8, 4) is 22.5 Å². The van der Waals surface area contributed by atoms with Gasteiger partial charge in [0.15, 0.2) is 10.8 Å². The second-order valence-corrected chi connectivity index (χ2v) is 8.38. The van der Waals surface area contributed by atoms with E-state index in [1.807, 2.05) is 60.7 Å². The van der Waals surface area contributed by atoms with Crippen molar-refractivity contribution in [3.63, 3.8) is 0 Å². The van der Waals surface area contributed by atoms with Gasteiger partial charge in [-0.1, -0.05) is 72.8 Å². The van der Waals surface area contributed by atoms with Crippen LogP contribution in [0.2, 0.25) is 0 Å². The normalized spacial score (nSPS) is 13.7. The van der Waals surface area contributed by atoms with Crippen LogP contribution >= 0.6 is 12.2 Å². The lowest BCUT2D eigenvalue weighted by Crippen LogP contribution is -2.43. The average Bonchev–Trinajstić information content (AvgIpc) is 3.32. The monoisotopic (exact) mass is 498 g/mol. The van der Waals surface area contributed by atoms with Gasteiger partial charge in [-0.15, -0.1) is 10.2 Å². The van der Waals surface area contributed by atoms with Crippen molar-refractivity contribution >= 4 is 34.4 Å². The van der Waals surface area contributed by atoms with E-state index in [4.69, 9.17) is 22.1 Å². The highest BCUT2D eigenvalue weighted by Crippen LogP contribution is 2.41. The summed E-state index contributed by atoms with van der Waals surface area (Å²) in [5.41, 5.74) is 3.42. The highest BCUT2D eigenvalue weighted by atomic mass is 32.1. The molecule has 1 saturated heterocycles. The molecule has 180 valence electrons. The zero-order valence-corrected chi connectivity index (χ0v) is 20.0. The van der Waals surface area contributed by atoms with Gasteiger partial charge >= 0.3 is 0 Å². The van der Waals surface area contributed by atoms with Crippen molar-refractivity contribution in [2.24, 2.45) is 10.2 Å². The second kappa shape index (κ2) is 10.5. The largest absolute Gasteiger partial charge is 0.378 e. The van der Waals surface area contributed by atoms with E-state index in [0.29, 0.717) is 48.5 Å². The topological polar surface area (TPSA) is 98.2 Å². The fraction of sp³-hybridized carbons (Fsp3) is 0.154. The Kier molecular flexibility index (Phi) is 6.87. The molecule has 36 heavy (non-hydrogen) atoms. The first-order valence-corrected chi connectivity index (χ1v) is 11.8. The number of nitro groups is 1. The fourth-order valence-corrected chi connectivity index (χ4v) is 4.30. The van der Waals surface area contributed by atoms with Gasteiger partial charge in [0.05, 0.1) is 18.1 Å². The molecule has 0 N–H and O–H groups in total. The number of para-hydroxylation sites is 1. The number of hydrogen-bond donors (Lipinski definition) is 0. The van der Waals surface area contributed by atoms with Gasteiger partial charge in [-0.2, -0.15) is 5.10 Å². The maximum Gasteiger partial charge on any atom is 0.296 e. The Morgan fingerprint density at radius 2 is 1.50 bits per heavy atom. The molecule has 1 aliphatic rings. The number of nitro benzene ring substituents is 1. The number of morpholine rings is 1. The van der Waals surface area contributed by atoms with Crippen LogP contribution in [0.5, 0.6) is 0 Å². The molecule has 5 rings (SSSR count). The molecule has 0 aliphatic carbocycles. The maximum atomic E-state index is 11.5. The summed E-state index contributed by atoms with van der Waals surface area (Å²) in [5.74, 6) is 0. The van der Waals surface area contributed by atoms with Gasteiger partial charge in [-0.05, 0) is 18.3 Å². The predicted molar refractivity (Wildman–Crippen MR) is 141 cm³/mol. The highest BCUT2D eigenvalue weighted by molar-refractivity contribution is 7.80. The van der Waals surface area contributed by atoms with E-state index in [0.717, 1.165) is 11.1 Å². The number of thiocarbonyl (C=S) groups is 1. The lowest BCUT2D eigenvalue weighted by molar-refractivity contribution is -0.384. The number of ether oxygens (including phenoxy) is 1. The Hall–Kier alpha value is -4.28. The van der Waals surface area contributed by atoms with Crippen LogP contribution in [0.1, 0.15) is 0 Å². The molecule has 0 saturated carbocycles. The summed E-state index contributed by atoms with van der Waals surface area (Å²) in [5, 5.41) is 25.8. The molecule has 9 nitrogen and oxygen atoms in total. The fourth-order valence-electron chi connectivity index (χ4n) is 3.98. The molecule has 2 heterocycles. The SMILES string of the molecule is O=[N+]([O-])c1ccccc1N=Nc1c(-c2ccccc2)nn(C(=S)N2CCOCC2)c1-c1ccccc1. The summed E-state index contributed by atoms with van der Waals surface area (Å²) in [6.07, 6.45) is 0. The van der Waals surface area contributed by atoms with Crippen molar-refractivity contribution < 1.29 is 9.66 Å². The van der Waals surface area contributed by atoms with Crippen molar-refractivity contribution in [2.45, 2.75) is 0 Å². The smallest absolute Gasteiger partial charge is 0.296 e. The molecule has 1 aliphatic heterocycles. The number of hydrogen-bond acceptors (Lipinski definition) is 7. The molecule has 0 bridgehead atoms. The number of rotatable bonds is 5. The molecule has 0 spiro atoms. The molecule has 0 amide bonds. The first kappa shape index (κ1) is 23.5. The summed E-state index contributed by atoms with van der Waals surface area (Å²) < 4.78 is 7.21. The molecule has 10 heteroatoms. The Bertz CT molecular complexity index is 1420. The van der Waals surface area contributed by atoms with Crippen LogP contribution in [0.15, 0.2) is 95.2 Å². The third-order valence-electron chi connectivity index (χ3n) is 5.75. The lowest BCUT2D eigenvalue weighted by Gasteiger charge is -2.29. The summed E-state index contributed by atoms with van der Waals surface area (Å²) in [4.78, 5) is 13.1. The second-order valence-electron chi connectivity index (χ2n) is 8.02. The van der Waals surface area contributed by atoms with Crippen LogP contribution in [-0.4, -0.2) is 51.0 Å². The molecule has 1 aromatic heterocycles. The van der Waals surface area contributed by atoms with Crippen LogP contribution in [0.3, 0.4) is 0 Å². The average molecular weight is 499 g/mol. The van der Waals surface area contributed by atoms with Crippen LogP contribution in [0, 0.1) is 10.1 Å². The van der Waals surface area contributed by atoms with Crippen LogP contribution < -0.4 is 0 Å². The maximum absolute atomic E-state index is 11.5. The summed E-state index contributed by atoms with van der Waals surface area (Å²) >= 11 is 5.89. The minimum absolute atomic E-state index is 0.125. The third kappa shape index (κ3) is 4.77. The zero-order valence-electron chi connectivity index (χ0n) is 19.2. The van der Waals surface area contributed by atoms with E-state index in [1.54, 1.807) is 22.9 Å². The summed E-state index contributed by atoms with van der Waals surface area (Å²) in [6, 6.07) is 25.6. The van der Waals surface area contributed by atoms with E-state index in [2.05, 4.69) is 15.1 Å². The van der Waals surface area contributed by atoms with Gasteiger partial charge < -0.3 is 9.64 Å². The van der Waals surface area contributed by atoms with Gasteiger partial charge in [0.25, 0.3) is 5.69 Å². The lowest BCUT2D eigenvalue weighted by atomic mass is 10.1. The molecule has 0 radical (unpaired) electrons. The molecule has 0 atom stereocenters. The van der Waals surface area contributed by atoms with E-state index in [1.165, 1.54) is 6.07 Å². The number of azo groups is 1. The van der Waals surface area contributed by atoms with Crippen molar-refractivity contribution in [1.82, 2.24) is 14.7 Å². The van der Waals surface area contributed by atoms with Crippen molar-refractivity contribution in [1.29, 1.82) is 0 Å². The molecule has 1 fully saturated rings.